The molecule has 0 aromatic carbocycles. The van der Waals surface area contributed by atoms with Crippen molar-refractivity contribution >= 4 is 0 Å². The van der Waals surface area contributed by atoms with Crippen molar-refractivity contribution in [1.29, 1.82) is 0 Å². The summed E-state index contributed by atoms with van der Waals surface area (Å²) in [4.78, 5) is 0. The summed E-state index contributed by atoms with van der Waals surface area (Å²) >= 11 is 0. The minimum Gasteiger partial charge on any atom is -0.392 e. The van der Waals surface area contributed by atoms with Crippen LogP contribution in [0.1, 0.15) is 56.1 Å². The molecule has 17 heavy (non-hydrogen) atoms. The Morgan fingerprint density at radius 3 is 2.24 bits per heavy atom. The summed E-state index contributed by atoms with van der Waals surface area (Å²) in [5, 5.41) is 14.0. The molecule has 0 amide bonds. The summed E-state index contributed by atoms with van der Waals surface area (Å²) in [6, 6.07) is 0.521. The Hall–Kier alpha value is -0.830. The topological polar surface area (TPSA) is 38.0 Å². The Bertz CT molecular complexity index is 387. The Morgan fingerprint density at radius 2 is 1.76 bits per heavy atom. The molecule has 0 spiro atoms. The smallest absolute Gasteiger partial charge is 0.0718 e. The number of aromatic nitrogens is 2. The molecule has 1 N–H and O–H groups in total. The Balaban J connectivity index is 2.27. The third-order valence-corrected chi connectivity index (χ3v) is 4.13. The van der Waals surface area contributed by atoms with Crippen molar-refractivity contribution in [3.63, 3.8) is 0 Å². The molecule has 1 aromatic rings. The van der Waals surface area contributed by atoms with E-state index >= 15 is 0 Å². The van der Waals surface area contributed by atoms with Crippen LogP contribution in [-0.2, 0) is 6.61 Å². The molecule has 0 radical (unpaired) electrons. The number of nitrogens with zero attached hydrogens (tertiary/aromatic N) is 2. The largest absolute Gasteiger partial charge is 0.392 e. The van der Waals surface area contributed by atoms with Crippen molar-refractivity contribution in [2.24, 2.45) is 11.8 Å². The number of hydrogen-bond donors (Lipinski definition) is 1. The molecule has 2 atom stereocenters. The fraction of sp³-hybridized carbons (Fsp3) is 0.786. The van der Waals surface area contributed by atoms with Crippen LogP contribution in [0.3, 0.4) is 0 Å². The fourth-order valence-corrected chi connectivity index (χ4v) is 3.39. The summed E-state index contributed by atoms with van der Waals surface area (Å²) in [7, 11) is 0. The maximum Gasteiger partial charge on any atom is 0.0718 e. The molecule has 1 aliphatic rings. The third kappa shape index (κ3) is 2.39. The van der Waals surface area contributed by atoms with Crippen LogP contribution in [0.2, 0.25) is 0 Å². The lowest BCUT2D eigenvalue weighted by atomic mass is 9.80. The third-order valence-electron chi connectivity index (χ3n) is 4.13. The van der Waals surface area contributed by atoms with Gasteiger partial charge in [-0.1, -0.05) is 13.8 Å². The highest BCUT2D eigenvalue weighted by Crippen LogP contribution is 2.36. The monoisotopic (exact) mass is 236 g/mol. The zero-order valence-corrected chi connectivity index (χ0v) is 11.4. The minimum absolute atomic E-state index is 0.107. The molecule has 0 aliphatic heterocycles. The van der Waals surface area contributed by atoms with Crippen LogP contribution in [-0.4, -0.2) is 14.9 Å². The molecule has 1 aliphatic carbocycles. The van der Waals surface area contributed by atoms with Crippen molar-refractivity contribution in [2.75, 3.05) is 0 Å². The average molecular weight is 236 g/mol. The molecule has 2 unspecified atom stereocenters. The van der Waals surface area contributed by atoms with Gasteiger partial charge in [0.25, 0.3) is 0 Å². The Morgan fingerprint density at radius 1 is 1.18 bits per heavy atom. The summed E-state index contributed by atoms with van der Waals surface area (Å²) in [6.45, 7) is 8.85. The quantitative estimate of drug-likeness (QED) is 0.857. The lowest BCUT2D eigenvalue weighted by molar-refractivity contribution is 0.207. The van der Waals surface area contributed by atoms with E-state index < -0.39 is 0 Å². The van der Waals surface area contributed by atoms with Crippen LogP contribution in [0.4, 0.5) is 0 Å². The van der Waals surface area contributed by atoms with E-state index in [-0.39, 0.29) is 6.61 Å². The molecule has 96 valence electrons. The van der Waals surface area contributed by atoms with Crippen LogP contribution in [0.5, 0.6) is 0 Å². The molecular formula is C14H24N2O. The van der Waals surface area contributed by atoms with E-state index in [4.69, 9.17) is 0 Å². The number of rotatable bonds is 2. The van der Waals surface area contributed by atoms with E-state index in [1.54, 1.807) is 0 Å². The Kier molecular flexibility index (Phi) is 3.57. The van der Waals surface area contributed by atoms with E-state index in [1.807, 2.05) is 6.92 Å². The second kappa shape index (κ2) is 4.81. The molecule has 0 saturated heterocycles. The number of aryl methyl sites for hydroxylation is 1. The van der Waals surface area contributed by atoms with Gasteiger partial charge in [0.2, 0.25) is 0 Å². The van der Waals surface area contributed by atoms with E-state index in [1.165, 1.54) is 19.3 Å². The maximum atomic E-state index is 9.36. The number of hydrogen-bond acceptors (Lipinski definition) is 2. The van der Waals surface area contributed by atoms with Gasteiger partial charge in [-0.25, -0.2) is 0 Å². The predicted molar refractivity (Wildman–Crippen MR) is 68.8 cm³/mol. The van der Waals surface area contributed by atoms with Gasteiger partial charge in [0.05, 0.1) is 18.3 Å². The average Bonchev–Trinajstić information content (AvgIpc) is 2.52. The van der Waals surface area contributed by atoms with E-state index in [0.29, 0.717) is 6.04 Å². The fourth-order valence-electron chi connectivity index (χ4n) is 3.39. The maximum absolute atomic E-state index is 9.36. The zero-order chi connectivity index (χ0) is 12.6. The molecule has 1 fully saturated rings. The SMILES string of the molecule is Cc1nn(C2CC(C)CC(C)C2)c(C)c1CO. The minimum atomic E-state index is 0.107. The van der Waals surface area contributed by atoms with Crippen molar-refractivity contribution in [3.8, 4) is 0 Å². The van der Waals surface area contributed by atoms with E-state index in [0.717, 1.165) is 28.8 Å². The molecule has 0 bridgehead atoms. The number of aliphatic hydroxyl groups excluding tert-OH is 1. The summed E-state index contributed by atoms with van der Waals surface area (Å²) in [6.07, 6.45) is 3.77. The van der Waals surface area contributed by atoms with Gasteiger partial charge in [-0.2, -0.15) is 5.10 Å². The second-order valence-electron chi connectivity index (χ2n) is 5.82. The highest BCUT2D eigenvalue weighted by molar-refractivity contribution is 5.24. The second-order valence-corrected chi connectivity index (χ2v) is 5.82. The molecular weight excluding hydrogens is 212 g/mol. The predicted octanol–water partition coefficient (Wildman–Crippen LogP) is 2.99. The van der Waals surface area contributed by atoms with Gasteiger partial charge in [-0.05, 0) is 44.9 Å². The molecule has 1 aromatic heterocycles. The summed E-state index contributed by atoms with van der Waals surface area (Å²) in [5.74, 6) is 1.57. The lowest BCUT2D eigenvalue weighted by Gasteiger charge is -2.32. The van der Waals surface area contributed by atoms with E-state index in [9.17, 15) is 5.11 Å². The van der Waals surface area contributed by atoms with Gasteiger partial charge in [0.1, 0.15) is 0 Å². The van der Waals surface area contributed by atoms with Crippen molar-refractivity contribution in [2.45, 2.75) is 59.6 Å². The van der Waals surface area contributed by atoms with Gasteiger partial charge in [-0.15, -0.1) is 0 Å². The van der Waals surface area contributed by atoms with Crippen molar-refractivity contribution in [3.05, 3.63) is 17.0 Å². The van der Waals surface area contributed by atoms with Gasteiger partial charge >= 0.3 is 0 Å². The first-order chi connectivity index (χ1) is 8.02. The molecule has 2 rings (SSSR count). The van der Waals surface area contributed by atoms with Gasteiger partial charge in [-0.3, -0.25) is 4.68 Å². The van der Waals surface area contributed by atoms with E-state index in [2.05, 4.69) is 30.6 Å². The van der Waals surface area contributed by atoms with Crippen LogP contribution in [0, 0.1) is 25.7 Å². The lowest BCUT2D eigenvalue weighted by Crippen LogP contribution is -2.24. The van der Waals surface area contributed by atoms with Crippen molar-refractivity contribution < 1.29 is 5.11 Å². The van der Waals surface area contributed by atoms with Gasteiger partial charge < -0.3 is 5.11 Å². The first-order valence-electron chi connectivity index (χ1n) is 6.68. The first kappa shape index (κ1) is 12.6. The highest BCUT2D eigenvalue weighted by atomic mass is 16.3. The van der Waals surface area contributed by atoms with Gasteiger partial charge in [0.15, 0.2) is 0 Å². The zero-order valence-electron chi connectivity index (χ0n) is 11.4. The molecule has 3 nitrogen and oxygen atoms in total. The standard InChI is InChI=1S/C14H24N2O/c1-9-5-10(2)7-13(6-9)16-12(4)14(8-17)11(3)15-16/h9-10,13,17H,5-8H2,1-4H3. The van der Waals surface area contributed by atoms with Crippen LogP contribution in [0.25, 0.3) is 0 Å². The molecule has 1 saturated carbocycles. The summed E-state index contributed by atoms with van der Waals surface area (Å²) in [5.41, 5.74) is 3.14. The van der Waals surface area contributed by atoms with Crippen LogP contribution < -0.4 is 0 Å². The van der Waals surface area contributed by atoms with Gasteiger partial charge in [0, 0.05) is 11.3 Å². The first-order valence-corrected chi connectivity index (χ1v) is 6.68. The number of aliphatic hydroxyl groups is 1. The Labute approximate surface area is 104 Å². The summed E-state index contributed by atoms with van der Waals surface area (Å²) < 4.78 is 2.16. The molecule has 3 heteroatoms. The van der Waals surface area contributed by atoms with Crippen molar-refractivity contribution in [1.82, 2.24) is 9.78 Å². The highest BCUT2D eigenvalue weighted by Gasteiger charge is 2.27. The van der Waals surface area contributed by atoms with Crippen LogP contribution in [0.15, 0.2) is 0 Å². The van der Waals surface area contributed by atoms with Crippen LogP contribution >= 0.6 is 0 Å². The normalized spacial score (nSPS) is 29.6. The molecule has 1 heterocycles.